The number of carbonyl (C=O) groups is 1. The minimum absolute atomic E-state index is 0.0411. The van der Waals surface area contributed by atoms with Crippen LogP contribution in [0.2, 0.25) is 0 Å². The van der Waals surface area contributed by atoms with Gasteiger partial charge in [0, 0.05) is 32.2 Å². The van der Waals surface area contributed by atoms with Crippen molar-refractivity contribution in [3.63, 3.8) is 0 Å². The van der Waals surface area contributed by atoms with Crippen molar-refractivity contribution in [3.8, 4) is 0 Å². The minimum Gasteiger partial charge on any atom is -0.340 e. The highest BCUT2D eigenvalue weighted by molar-refractivity contribution is 6.20. The second-order valence-electron chi connectivity index (χ2n) is 3.37. The molecule has 0 aromatic carbocycles. The number of hydrogen-bond donors (Lipinski definition) is 0. The topological polar surface area (TPSA) is 38.1 Å². The minimum atomic E-state index is -0.0504. The second kappa shape index (κ2) is 4.46. The lowest BCUT2D eigenvalue weighted by Gasteiger charge is -2.17. The van der Waals surface area contributed by atoms with Crippen LogP contribution in [0.3, 0.4) is 0 Å². The number of aromatic nitrogens is 2. The van der Waals surface area contributed by atoms with E-state index < -0.39 is 0 Å². The van der Waals surface area contributed by atoms with Crippen LogP contribution in [0.25, 0.3) is 0 Å². The van der Waals surface area contributed by atoms with E-state index in [-0.39, 0.29) is 11.3 Å². The van der Waals surface area contributed by atoms with Crippen LogP contribution in [-0.2, 0) is 7.05 Å². The number of rotatable bonds is 3. The van der Waals surface area contributed by atoms with Crippen LogP contribution < -0.4 is 0 Å². The second-order valence-corrected chi connectivity index (χ2v) is 4.11. The molecule has 0 aliphatic rings. The molecule has 0 saturated carbocycles. The van der Waals surface area contributed by atoms with Gasteiger partial charge in [0.25, 0.3) is 5.91 Å². The van der Waals surface area contributed by atoms with E-state index in [2.05, 4.69) is 5.10 Å². The van der Waals surface area contributed by atoms with Gasteiger partial charge in [-0.3, -0.25) is 9.48 Å². The summed E-state index contributed by atoms with van der Waals surface area (Å²) < 4.78 is 1.60. The SMILES string of the molecule is CC(Cl)CN(C)C(=O)c1cnn(C)c1. The predicted molar refractivity (Wildman–Crippen MR) is 55.5 cm³/mol. The zero-order chi connectivity index (χ0) is 10.7. The molecule has 14 heavy (non-hydrogen) atoms. The first-order valence-electron chi connectivity index (χ1n) is 4.39. The molecule has 0 N–H and O–H groups in total. The molecular formula is C9H14ClN3O. The van der Waals surface area contributed by atoms with Crippen LogP contribution in [-0.4, -0.2) is 39.6 Å². The molecule has 0 spiro atoms. The van der Waals surface area contributed by atoms with Gasteiger partial charge in [0.2, 0.25) is 0 Å². The maximum absolute atomic E-state index is 11.7. The van der Waals surface area contributed by atoms with Crippen molar-refractivity contribution in [2.45, 2.75) is 12.3 Å². The van der Waals surface area contributed by atoms with Crippen LogP contribution in [0.1, 0.15) is 17.3 Å². The largest absolute Gasteiger partial charge is 0.340 e. The third-order valence-electron chi connectivity index (χ3n) is 1.82. The van der Waals surface area contributed by atoms with Gasteiger partial charge in [0.1, 0.15) is 0 Å². The molecule has 5 heteroatoms. The maximum Gasteiger partial charge on any atom is 0.256 e. The molecule has 1 rings (SSSR count). The summed E-state index contributed by atoms with van der Waals surface area (Å²) in [5.74, 6) is -0.0504. The molecule has 1 aromatic rings. The number of carbonyl (C=O) groups excluding carboxylic acids is 1. The summed E-state index contributed by atoms with van der Waals surface area (Å²) in [5.41, 5.74) is 0.590. The summed E-state index contributed by atoms with van der Waals surface area (Å²) in [5, 5.41) is 3.89. The predicted octanol–water partition coefficient (Wildman–Crippen LogP) is 1.12. The van der Waals surface area contributed by atoms with Crippen molar-refractivity contribution in [3.05, 3.63) is 18.0 Å². The lowest BCUT2D eigenvalue weighted by molar-refractivity contribution is 0.0796. The van der Waals surface area contributed by atoms with Crippen molar-refractivity contribution in [1.82, 2.24) is 14.7 Å². The highest BCUT2D eigenvalue weighted by Gasteiger charge is 2.14. The number of halogens is 1. The summed E-state index contributed by atoms with van der Waals surface area (Å²) in [7, 11) is 3.51. The Morgan fingerprint density at radius 3 is 2.86 bits per heavy atom. The Balaban J connectivity index is 2.65. The number of nitrogens with zero attached hydrogens (tertiary/aromatic N) is 3. The smallest absolute Gasteiger partial charge is 0.256 e. The quantitative estimate of drug-likeness (QED) is 0.709. The lowest BCUT2D eigenvalue weighted by Crippen LogP contribution is -2.31. The fourth-order valence-electron chi connectivity index (χ4n) is 1.21. The monoisotopic (exact) mass is 215 g/mol. The van der Waals surface area contributed by atoms with Gasteiger partial charge >= 0.3 is 0 Å². The van der Waals surface area contributed by atoms with Crippen LogP contribution in [0, 0.1) is 0 Å². The zero-order valence-electron chi connectivity index (χ0n) is 8.57. The number of alkyl halides is 1. The first-order valence-corrected chi connectivity index (χ1v) is 4.82. The van der Waals surface area contributed by atoms with Gasteiger partial charge in [-0.05, 0) is 6.92 Å². The summed E-state index contributed by atoms with van der Waals surface area (Å²) >= 11 is 5.79. The van der Waals surface area contributed by atoms with E-state index >= 15 is 0 Å². The Kier molecular flexibility index (Phi) is 3.52. The molecule has 0 saturated heterocycles. The third-order valence-corrected chi connectivity index (χ3v) is 1.96. The van der Waals surface area contributed by atoms with E-state index in [0.717, 1.165) is 0 Å². The molecule has 1 aromatic heterocycles. The normalized spacial score (nSPS) is 12.6. The third kappa shape index (κ3) is 2.73. The molecule has 4 nitrogen and oxygen atoms in total. The molecule has 0 aliphatic heterocycles. The first kappa shape index (κ1) is 11.0. The highest BCUT2D eigenvalue weighted by Crippen LogP contribution is 2.04. The molecule has 0 aliphatic carbocycles. The van der Waals surface area contributed by atoms with Gasteiger partial charge in [-0.2, -0.15) is 5.10 Å². The molecular weight excluding hydrogens is 202 g/mol. The van der Waals surface area contributed by atoms with E-state index in [4.69, 9.17) is 11.6 Å². The maximum atomic E-state index is 11.7. The Morgan fingerprint density at radius 1 is 1.79 bits per heavy atom. The fourth-order valence-corrected chi connectivity index (χ4v) is 1.42. The van der Waals surface area contributed by atoms with Crippen LogP contribution in [0.5, 0.6) is 0 Å². The fraction of sp³-hybridized carbons (Fsp3) is 0.556. The van der Waals surface area contributed by atoms with Crippen LogP contribution >= 0.6 is 11.6 Å². The zero-order valence-corrected chi connectivity index (χ0v) is 9.32. The Labute approximate surface area is 88.5 Å². The van der Waals surface area contributed by atoms with Crippen molar-refractivity contribution in [2.75, 3.05) is 13.6 Å². The van der Waals surface area contributed by atoms with Gasteiger partial charge in [-0.15, -0.1) is 11.6 Å². The Morgan fingerprint density at radius 2 is 2.43 bits per heavy atom. The van der Waals surface area contributed by atoms with Gasteiger partial charge in [-0.25, -0.2) is 0 Å². The molecule has 0 bridgehead atoms. The number of hydrogen-bond acceptors (Lipinski definition) is 2. The van der Waals surface area contributed by atoms with Crippen molar-refractivity contribution in [1.29, 1.82) is 0 Å². The molecule has 1 atom stereocenters. The van der Waals surface area contributed by atoms with E-state index in [0.29, 0.717) is 12.1 Å². The van der Waals surface area contributed by atoms with E-state index in [9.17, 15) is 4.79 Å². The summed E-state index contributed by atoms with van der Waals surface area (Å²) in [6, 6.07) is 0. The molecule has 0 fully saturated rings. The molecule has 78 valence electrons. The van der Waals surface area contributed by atoms with Gasteiger partial charge in [0.15, 0.2) is 0 Å². The molecule has 1 heterocycles. The number of amides is 1. The van der Waals surface area contributed by atoms with Crippen molar-refractivity contribution < 1.29 is 4.79 Å². The number of aryl methyl sites for hydroxylation is 1. The lowest BCUT2D eigenvalue weighted by atomic mass is 10.3. The van der Waals surface area contributed by atoms with Crippen molar-refractivity contribution in [2.24, 2.45) is 7.05 Å². The average Bonchev–Trinajstić information content (AvgIpc) is 2.49. The van der Waals surface area contributed by atoms with E-state index in [1.165, 1.54) is 0 Å². The Bertz CT molecular complexity index is 322. The Hall–Kier alpha value is -1.03. The van der Waals surface area contributed by atoms with Gasteiger partial charge < -0.3 is 4.90 Å². The molecule has 1 amide bonds. The van der Waals surface area contributed by atoms with Crippen molar-refractivity contribution >= 4 is 17.5 Å². The average molecular weight is 216 g/mol. The summed E-state index contributed by atoms with van der Waals surface area (Å²) in [6.45, 7) is 2.39. The summed E-state index contributed by atoms with van der Waals surface area (Å²) in [6.07, 6.45) is 3.25. The molecule has 0 radical (unpaired) electrons. The first-order chi connectivity index (χ1) is 6.50. The summed E-state index contributed by atoms with van der Waals surface area (Å²) in [4.78, 5) is 13.3. The van der Waals surface area contributed by atoms with E-state index in [1.807, 2.05) is 6.92 Å². The highest BCUT2D eigenvalue weighted by atomic mass is 35.5. The van der Waals surface area contributed by atoms with E-state index in [1.54, 1.807) is 36.1 Å². The molecule has 1 unspecified atom stereocenters. The van der Waals surface area contributed by atoms with Crippen LogP contribution in [0.4, 0.5) is 0 Å². The van der Waals surface area contributed by atoms with Gasteiger partial charge in [0.05, 0.1) is 11.8 Å². The van der Waals surface area contributed by atoms with Crippen LogP contribution in [0.15, 0.2) is 12.4 Å². The standard InChI is InChI=1S/C9H14ClN3O/c1-7(10)5-12(2)9(14)8-4-11-13(3)6-8/h4,6-7H,5H2,1-3H3. The van der Waals surface area contributed by atoms with Gasteiger partial charge in [-0.1, -0.05) is 0 Å².